The lowest BCUT2D eigenvalue weighted by molar-refractivity contribution is -0.118. The highest BCUT2D eigenvalue weighted by atomic mass is 16.3. The molecule has 2 atom stereocenters. The van der Waals surface area contributed by atoms with Gasteiger partial charge in [0.1, 0.15) is 0 Å². The maximum Gasteiger partial charge on any atom is 0.243 e. The first-order valence-corrected chi connectivity index (χ1v) is 5.15. The Hall–Kier alpha value is -0.830. The van der Waals surface area contributed by atoms with E-state index in [4.69, 9.17) is 0 Å². The quantitative estimate of drug-likeness (QED) is 0.651. The Kier molecular flexibility index (Phi) is 3.69. The highest BCUT2D eigenvalue weighted by molar-refractivity contribution is 5.87. The van der Waals surface area contributed by atoms with Gasteiger partial charge in [-0.05, 0) is 30.8 Å². The Labute approximate surface area is 85.2 Å². The van der Waals surface area contributed by atoms with Gasteiger partial charge >= 0.3 is 0 Å². The Morgan fingerprint density at radius 2 is 1.93 bits per heavy atom. The summed E-state index contributed by atoms with van der Waals surface area (Å²) in [6, 6.07) is 0.170. The second-order valence-corrected chi connectivity index (χ2v) is 4.32. The Morgan fingerprint density at radius 3 is 2.36 bits per heavy atom. The normalized spacial score (nSPS) is 37.6. The molecule has 0 aromatic rings. The van der Waals surface area contributed by atoms with Crippen molar-refractivity contribution in [1.29, 1.82) is 0 Å². The van der Waals surface area contributed by atoms with Crippen molar-refractivity contribution in [3.63, 3.8) is 0 Å². The SMILES string of the molecule is C=CC(=O)NC1C(C)CC(O)CC1C. The molecule has 0 radical (unpaired) electrons. The maximum absolute atomic E-state index is 11.2. The molecule has 1 rings (SSSR count). The van der Waals surface area contributed by atoms with Crippen LogP contribution in [-0.2, 0) is 4.79 Å². The summed E-state index contributed by atoms with van der Waals surface area (Å²) in [6.07, 6.45) is 2.63. The lowest BCUT2D eigenvalue weighted by Crippen LogP contribution is -2.48. The third kappa shape index (κ3) is 2.58. The van der Waals surface area contributed by atoms with Crippen molar-refractivity contribution in [2.45, 2.75) is 38.8 Å². The number of nitrogens with one attached hydrogen (secondary N) is 1. The minimum Gasteiger partial charge on any atom is -0.393 e. The van der Waals surface area contributed by atoms with Crippen molar-refractivity contribution in [2.75, 3.05) is 0 Å². The molecule has 1 fully saturated rings. The molecule has 1 amide bonds. The van der Waals surface area contributed by atoms with Gasteiger partial charge in [-0.3, -0.25) is 4.79 Å². The van der Waals surface area contributed by atoms with E-state index in [0.717, 1.165) is 12.8 Å². The molecule has 0 aromatic heterocycles. The molecule has 1 aliphatic rings. The first-order chi connectivity index (χ1) is 6.54. The monoisotopic (exact) mass is 197 g/mol. The van der Waals surface area contributed by atoms with E-state index in [-0.39, 0.29) is 18.1 Å². The lowest BCUT2D eigenvalue weighted by atomic mass is 9.77. The fourth-order valence-electron chi connectivity index (χ4n) is 2.32. The third-order valence-electron chi connectivity index (χ3n) is 3.01. The number of hydrogen-bond donors (Lipinski definition) is 2. The molecule has 14 heavy (non-hydrogen) atoms. The summed E-state index contributed by atoms with van der Waals surface area (Å²) in [5.74, 6) is 0.542. The van der Waals surface area contributed by atoms with Crippen molar-refractivity contribution in [3.8, 4) is 0 Å². The van der Waals surface area contributed by atoms with Crippen LogP contribution in [0.5, 0.6) is 0 Å². The Balaban J connectivity index is 2.58. The highest BCUT2D eigenvalue weighted by Gasteiger charge is 2.32. The molecule has 1 aliphatic carbocycles. The molecule has 0 bridgehead atoms. The molecule has 1 saturated carbocycles. The van der Waals surface area contributed by atoms with Gasteiger partial charge in [0, 0.05) is 6.04 Å². The molecule has 2 unspecified atom stereocenters. The van der Waals surface area contributed by atoms with Crippen LogP contribution in [0.25, 0.3) is 0 Å². The van der Waals surface area contributed by atoms with Gasteiger partial charge in [-0.1, -0.05) is 20.4 Å². The van der Waals surface area contributed by atoms with Crippen LogP contribution >= 0.6 is 0 Å². The molecule has 80 valence electrons. The minimum atomic E-state index is -0.211. The van der Waals surface area contributed by atoms with E-state index in [1.165, 1.54) is 6.08 Å². The smallest absolute Gasteiger partial charge is 0.243 e. The molecule has 3 heteroatoms. The standard InChI is InChI=1S/C11H19NO2/c1-4-10(14)12-11-7(2)5-9(13)6-8(11)3/h4,7-9,11,13H,1,5-6H2,2-3H3,(H,12,14). The van der Waals surface area contributed by atoms with Gasteiger partial charge in [0.2, 0.25) is 5.91 Å². The van der Waals surface area contributed by atoms with Gasteiger partial charge in [0.25, 0.3) is 0 Å². The van der Waals surface area contributed by atoms with E-state index >= 15 is 0 Å². The van der Waals surface area contributed by atoms with Crippen LogP contribution in [0.2, 0.25) is 0 Å². The lowest BCUT2D eigenvalue weighted by Gasteiger charge is -2.37. The molecule has 0 heterocycles. The maximum atomic E-state index is 11.2. The number of hydrogen-bond acceptors (Lipinski definition) is 2. The zero-order valence-electron chi connectivity index (χ0n) is 8.86. The van der Waals surface area contributed by atoms with E-state index < -0.39 is 0 Å². The van der Waals surface area contributed by atoms with Gasteiger partial charge < -0.3 is 10.4 Å². The summed E-state index contributed by atoms with van der Waals surface area (Å²) in [5.41, 5.74) is 0. The summed E-state index contributed by atoms with van der Waals surface area (Å²) in [7, 11) is 0. The number of carbonyl (C=O) groups is 1. The Bertz CT molecular complexity index is 215. The fourth-order valence-corrected chi connectivity index (χ4v) is 2.32. The average Bonchev–Trinajstić information content (AvgIpc) is 2.10. The van der Waals surface area contributed by atoms with E-state index in [1.54, 1.807) is 0 Å². The van der Waals surface area contributed by atoms with Crippen LogP contribution < -0.4 is 5.32 Å². The van der Waals surface area contributed by atoms with Gasteiger partial charge in [-0.2, -0.15) is 0 Å². The van der Waals surface area contributed by atoms with Gasteiger partial charge in [-0.15, -0.1) is 0 Å². The molecule has 0 aliphatic heterocycles. The minimum absolute atomic E-state index is 0.120. The van der Waals surface area contributed by atoms with E-state index in [9.17, 15) is 9.90 Å². The van der Waals surface area contributed by atoms with Crippen LogP contribution in [0.15, 0.2) is 12.7 Å². The second-order valence-electron chi connectivity index (χ2n) is 4.32. The number of carbonyl (C=O) groups excluding carboxylic acids is 1. The van der Waals surface area contributed by atoms with Crippen molar-refractivity contribution < 1.29 is 9.90 Å². The number of rotatable bonds is 2. The van der Waals surface area contributed by atoms with E-state index in [0.29, 0.717) is 11.8 Å². The Morgan fingerprint density at radius 1 is 1.43 bits per heavy atom. The first-order valence-electron chi connectivity index (χ1n) is 5.15. The van der Waals surface area contributed by atoms with Gasteiger partial charge in [-0.25, -0.2) is 0 Å². The summed E-state index contributed by atoms with van der Waals surface area (Å²) in [6.45, 7) is 7.55. The predicted molar refractivity (Wildman–Crippen MR) is 55.7 cm³/mol. The zero-order chi connectivity index (χ0) is 10.7. The van der Waals surface area contributed by atoms with E-state index in [1.807, 2.05) is 0 Å². The number of aliphatic hydroxyl groups excluding tert-OH is 1. The van der Waals surface area contributed by atoms with E-state index in [2.05, 4.69) is 25.7 Å². The molecule has 0 spiro atoms. The summed E-state index contributed by atoms with van der Waals surface area (Å²) in [4.78, 5) is 11.2. The molecular weight excluding hydrogens is 178 g/mol. The third-order valence-corrected chi connectivity index (χ3v) is 3.01. The first kappa shape index (κ1) is 11.2. The van der Waals surface area contributed by atoms with Crippen molar-refractivity contribution in [1.82, 2.24) is 5.32 Å². The van der Waals surface area contributed by atoms with Gasteiger partial charge in [0.05, 0.1) is 6.10 Å². The van der Waals surface area contributed by atoms with Crippen LogP contribution in [0.3, 0.4) is 0 Å². The second kappa shape index (κ2) is 4.60. The van der Waals surface area contributed by atoms with Crippen molar-refractivity contribution >= 4 is 5.91 Å². The molecular formula is C11H19NO2. The molecule has 3 nitrogen and oxygen atoms in total. The average molecular weight is 197 g/mol. The fraction of sp³-hybridized carbons (Fsp3) is 0.727. The summed E-state index contributed by atoms with van der Waals surface area (Å²) >= 11 is 0. The van der Waals surface area contributed by atoms with Crippen molar-refractivity contribution in [2.24, 2.45) is 11.8 Å². The molecule has 2 N–H and O–H groups in total. The largest absolute Gasteiger partial charge is 0.393 e. The van der Waals surface area contributed by atoms with Crippen LogP contribution in [0.4, 0.5) is 0 Å². The molecule has 0 saturated heterocycles. The van der Waals surface area contributed by atoms with Gasteiger partial charge in [0.15, 0.2) is 0 Å². The van der Waals surface area contributed by atoms with Crippen LogP contribution in [0.1, 0.15) is 26.7 Å². The molecule has 0 aromatic carbocycles. The predicted octanol–water partition coefficient (Wildman–Crippen LogP) is 1.08. The summed E-state index contributed by atoms with van der Waals surface area (Å²) in [5, 5.41) is 12.4. The summed E-state index contributed by atoms with van der Waals surface area (Å²) < 4.78 is 0. The van der Waals surface area contributed by atoms with Crippen LogP contribution in [-0.4, -0.2) is 23.2 Å². The number of aliphatic hydroxyl groups is 1. The highest BCUT2D eigenvalue weighted by Crippen LogP contribution is 2.29. The number of amides is 1. The van der Waals surface area contributed by atoms with Crippen LogP contribution in [0, 0.1) is 11.8 Å². The van der Waals surface area contributed by atoms with Crippen molar-refractivity contribution in [3.05, 3.63) is 12.7 Å². The zero-order valence-corrected chi connectivity index (χ0v) is 8.86. The topological polar surface area (TPSA) is 49.3 Å².